The Kier molecular flexibility index (Phi) is 37.1. The van der Waals surface area contributed by atoms with Crippen LogP contribution >= 0.6 is 0 Å². The van der Waals surface area contributed by atoms with Gasteiger partial charge in [0, 0.05) is 36.0 Å². The van der Waals surface area contributed by atoms with Crippen molar-refractivity contribution in [2.75, 3.05) is 18.0 Å². The van der Waals surface area contributed by atoms with Gasteiger partial charge in [0.05, 0.1) is 50.0 Å². The van der Waals surface area contributed by atoms with E-state index in [0.29, 0.717) is 47.3 Å². The van der Waals surface area contributed by atoms with Crippen LogP contribution in [0.2, 0.25) is 0 Å². The second-order valence-corrected chi connectivity index (χ2v) is 31.0. The number of benzene rings is 1. The van der Waals surface area contributed by atoms with E-state index in [-0.39, 0.29) is 28.9 Å². The number of aryl methyl sites for hydroxylation is 2. The van der Waals surface area contributed by atoms with Gasteiger partial charge >= 0.3 is 0 Å². The van der Waals surface area contributed by atoms with Gasteiger partial charge in [-0.3, -0.25) is 28.0 Å². The Morgan fingerprint density at radius 2 is 0.828 bits per heavy atom. The number of rotatable bonds is 55. The van der Waals surface area contributed by atoms with Gasteiger partial charge in [-0.05, 0) is 132 Å². The topological polar surface area (TPSA) is 83.6 Å². The molecule has 5 aromatic rings. The predicted octanol–water partition coefficient (Wildman–Crippen LogP) is 26.3. The lowest BCUT2D eigenvalue weighted by atomic mass is 9.93. The van der Waals surface area contributed by atoms with Gasteiger partial charge in [-0.25, -0.2) is 0 Å². The Bertz CT molecular complexity index is 3460. The molecule has 8 heteroatoms. The first-order valence-corrected chi connectivity index (χ1v) is 42.0. The normalized spacial score (nSPS) is 14.9. The molecule has 1 aromatic carbocycles. The van der Waals surface area contributed by atoms with Crippen LogP contribution in [0, 0.1) is 11.8 Å². The summed E-state index contributed by atoms with van der Waals surface area (Å²) in [6.45, 7) is 21.2. The number of carbonyl (C=O) groups is 2. The molecule has 99 heavy (non-hydrogen) atoms. The first-order valence-electron chi connectivity index (χ1n) is 42.0. The number of allylic oxidation sites excluding steroid dienone is 4. The highest BCUT2D eigenvalue weighted by molar-refractivity contribution is 6.38. The van der Waals surface area contributed by atoms with Crippen molar-refractivity contribution in [2.24, 2.45) is 11.8 Å². The first kappa shape index (κ1) is 80.8. The lowest BCUT2D eigenvalue weighted by Crippen LogP contribution is -2.34. The minimum atomic E-state index is -0.135. The first-order chi connectivity index (χ1) is 48.5. The molecule has 2 atom stereocenters. The van der Waals surface area contributed by atoms with Crippen molar-refractivity contribution in [1.29, 1.82) is 0 Å². The summed E-state index contributed by atoms with van der Waals surface area (Å²) in [4.78, 5) is 68.1. The fourth-order valence-corrected chi connectivity index (χ4v) is 16.7. The smallest absolute Gasteiger partial charge is 0.264 e. The summed E-state index contributed by atoms with van der Waals surface area (Å²) in [7, 11) is 0. The van der Waals surface area contributed by atoms with Crippen molar-refractivity contribution in [2.45, 2.75) is 371 Å². The number of unbranched alkanes of at least 4 members (excludes halogenated alkanes) is 36. The lowest BCUT2D eigenvalue weighted by Gasteiger charge is -2.26. The Morgan fingerprint density at radius 3 is 1.27 bits per heavy atom. The molecule has 0 N–H and O–H groups in total. The highest BCUT2D eigenvalue weighted by Gasteiger charge is 2.44. The van der Waals surface area contributed by atoms with Crippen molar-refractivity contribution in [3.8, 4) is 11.3 Å². The Labute approximate surface area is 603 Å². The fourth-order valence-electron chi connectivity index (χ4n) is 16.7. The highest BCUT2D eigenvalue weighted by Crippen LogP contribution is 2.47. The third kappa shape index (κ3) is 23.5. The second-order valence-electron chi connectivity index (χ2n) is 31.0. The van der Waals surface area contributed by atoms with Crippen LogP contribution < -0.4 is 16.0 Å². The molecule has 0 radical (unpaired) electrons. The number of nitrogens with zero attached hydrogens (tertiary/aromatic N) is 4. The molecule has 0 spiro atoms. The Balaban J connectivity index is 1.39. The average Bonchev–Trinajstić information content (AvgIpc) is 1.53. The quantitative estimate of drug-likeness (QED) is 0.0287. The minimum absolute atomic E-state index is 0.0571. The number of hydrogen-bond acceptors (Lipinski definition) is 4. The third-order valence-corrected chi connectivity index (χ3v) is 22.4. The van der Waals surface area contributed by atoms with Gasteiger partial charge in [0.15, 0.2) is 0 Å². The summed E-state index contributed by atoms with van der Waals surface area (Å²) >= 11 is 0. The Morgan fingerprint density at radius 1 is 0.424 bits per heavy atom. The van der Waals surface area contributed by atoms with Crippen molar-refractivity contribution >= 4 is 44.9 Å². The van der Waals surface area contributed by atoms with Gasteiger partial charge in [-0.15, -0.1) is 0 Å². The van der Waals surface area contributed by atoms with E-state index in [1.165, 1.54) is 225 Å². The van der Waals surface area contributed by atoms with Crippen LogP contribution in [-0.4, -0.2) is 38.6 Å². The molecule has 2 aliphatic heterocycles. The number of hydrogen-bond donors (Lipinski definition) is 0. The number of carbonyl (C=O) groups excluding carboxylic acids is 2. The summed E-state index contributed by atoms with van der Waals surface area (Å²) in [6.07, 6.45) is 65.4. The maximum absolute atomic E-state index is 16.5. The molecular weight excluding hydrogens is 1210 g/mol. The standard InChI is InChI=1S/C91H140N4O4/c1-10-17-23-29-35-39-43-49-57-72(55-47-41-33-27-21-14-5)69-93-82(67-71(8)9)75(54-16-7)84(89(93)97)86-78-63-62-74(68-83(78)94(90(86)98)70-73(56-48-42-34-28-22-15-6)58-50-44-40-36-30-24-18-11-2)79-64-65-81-77(60-52-46-38-32-26-20-13-4)85-87(91(99)95(79)81)76(59-51-45-37-31-25-19-12-3)80-61-53-66-92(80)88(85)96/h16,53-54,61-68,72-73H,10-15,17-52,55-60,69-70H2,1-9H3/b54-16-,86-84+. The number of amides is 2. The zero-order valence-electron chi connectivity index (χ0n) is 64.8. The molecule has 0 fully saturated rings. The summed E-state index contributed by atoms with van der Waals surface area (Å²) < 4.78 is 3.77. The SMILES string of the molecule is C/C=C\C1=C(C=C(C)C)N(CC(CCCCCCCC)CCCCCCCCCC)C(=O)/C1=C1/C(=O)N(CC(CCCCCCCC)CCCCCCCCCC)c2cc(-c3ccc4c(CCCCCCCCC)c5c(=O)n6cccc6c(CCCCCCCCC)c5c(=O)n34)ccc21. The van der Waals surface area contributed by atoms with Gasteiger partial charge in [0.25, 0.3) is 22.9 Å². The molecule has 0 bridgehead atoms. The van der Waals surface area contributed by atoms with Crippen LogP contribution in [-0.2, 0) is 22.4 Å². The predicted molar refractivity (Wildman–Crippen MR) is 428 cm³/mol. The van der Waals surface area contributed by atoms with E-state index in [4.69, 9.17) is 0 Å². The van der Waals surface area contributed by atoms with Crippen LogP contribution in [0.15, 0.2) is 98.9 Å². The number of fused-ring (bicyclic) bond motifs is 4. The molecule has 2 aliphatic rings. The van der Waals surface area contributed by atoms with E-state index >= 15 is 19.2 Å². The molecule has 8 nitrogen and oxygen atoms in total. The monoisotopic (exact) mass is 1350 g/mol. The van der Waals surface area contributed by atoms with Crippen molar-refractivity contribution in [1.82, 2.24) is 13.7 Å². The molecular formula is C91H140N4O4. The van der Waals surface area contributed by atoms with E-state index in [1.807, 2.05) is 34.1 Å². The second kappa shape index (κ2) is 45.5. The van der Waals surface area contributed by atoms with E-state index in [1.54, 1.807) is 0 Å². The molecule has 0 aliphatic carbocycles. The summed E-state index contributed by atoms with van der Waals surface area (Å²) in [5.74, 6) is 0.494. The van der Waals surface area contributed by atoms with E-state index in [2.05, 4.69) is 114 Å². The molecule has 2 amide bonds. The maximum atomic E-state index is 16.5. The summed E-state index contributed by atoms with van der Waals surface area (Å²) in [5, 5.41) is 1.17. The number of anilines is 1. The zero-order chi connectivity index (χ0) is 70.6. The van der Waals surface area contributed by atoms with Gasteiger partial charge < -0.3 is 9.80 Å². The molecule has 548 valence electrons. The number of aromatic nitrogens is 2. The van der Waals surface area contributed by atoms with Crippen molar-refractivity contribution in [3.63, 3.8) is 0 Å². The van der Waals surface area contributed by atoms with Crippen LogP contribution in [0.1, 0.15) is 374 Å². The van der Waals surface area contributed by atoms with Crippen molar-refractivity contribution < 1.29 is 9.59 Å². The summed E-state index contributed by atoms with van der Waals surface area (Å²) in [6, 6.07) is 14.7. The van der Waals surface area contributed by atoms with Gasteiger partial charge in [-0.1, -0.05) is 328 Å². The average molecular weight is 1350 g/mol. The number of pyridine rings is 2. The third-order valence-electron chi connectivity index (χ3n) is 22.4. The minimum Gasteiger partial charge on any atom is -0.307 e. The van der Waals surface area contributed by atoms with Crippen molar-refractivity contribution in [3.05, 3.63) is 127 Å². The van der Waals surface area contributed by atoms with Crippen LogP contribution in [0.4, 0.5) is 5.69 Å². The molecule has 7 rings (SSSR count). The maximum Gasteiger partial charge on any atom is 0.264 e. The highest BCUT2D eigenvalue weighted by atomic mass is 16.2. The van der Waals surface area contributed by atoms with Crippen LogP contribution in [0.3, 0.4) is 0 Å². The Hall–Kier alpha value is -5.50. The molecule has 6 heterocycles. The van der Waals surface area contributed by atoms with Crippen LogP contribution in [0.25, 0.3) is 38.6 Å². The van der Waals surface area contributed by atoms with Gasteiger partial charge in [-0.2, -0.15) is 0 Å². The van der Waals surface area contributed by atoms with Gasteiger partial charge in [0.1, 0.15) is 0 Å². The van der Waals surface area contributed by atoms with E-state index in [9.17, 15) is 0 Å². The molecule has 2 unspecified atom stereocenters. The fraction of sp³-hybridized carbons (Fsp3) is 0.670. The zero-order valence-corrected chi connectivity index (χ0v) is 64.8. The van der Waals surface area contributed by atoms with E-state index in [0.717, 1.165) is 139 Å². The molecule has 0 saturated carbocycles. The summed E-state index contributed by atoms with van der Waals surface area (Å²) in [5.41, 5.74) is 10.6. The van der Waals surface area contributed by atoms with Gasteiger partial charge in [0.2, 0.25) is 0 Å². The molecule has 4 aromatic heterocycles. The largest absolute Gasteiger partial charge is 0.307 e. The lowest BCUT2D eigenvalue weighted by molar-refractivity contribution is -0.124. The van der Waals surface area contributed by atoms with E-state index < -0.39 is 0 Å². The van der Waals surface area contributed by atoms with Crippen LogP contribution in [0.5, 0.6) is 0 Å². The molecule has 0 saturated heterocycles.